The molecule has 0 amide bonds. The number of fused-ring (bicyclic) bond motifs is 1. The Morgan fingerprint density at radius 2 is 1.92 bits per heavy atom. The van der Waals surface area contributed by atoms with E-state index >= 15 is 0 Å². The van der Waals surface area contributed by atoms with Gasteiger partial charge in [0, 0.05) is 11.8 Å². The zero-order chi connectivity index (χ0) is 9.47. The maximum absolute atomic E-state index is 4.13. The fourth-order valence-corrected chi connectivity index (χ4v) is 1.32. The standard InChI is InChI=1S/C9H12N4/c1-9(2,3)6-4-10-5-7-8(6)12-13-11-7/h4-5H,1-3H3,(H,11,12,13). The van der Waals surface area contributed by atoms with E-state index in [1.807, 2.05) is 6.20 Å². The summed E-state index contributed by atoms with van der Waals surface area (Å²) < 4.78 is 0. The van der Waals surface area contributed by atoms with Gasteiger partial charge in [-0.15, -0.1) is 0 Å². The van der Waals surface area contributed by atoms with Gasteiger partial charge in [0.05, 0.1) is 6.20 Å². The molecular weight excluding hydrogens is 164 g/mol. The van der Waals surface area contributed by atoms with Crippen molar-refractivity contribution in [3.8, 4) is 0 Å². The first kappa shape index (κ1) is 8.16. The van der Waals surface area contributed by atoms with Gasteiger partial charge in [-0.2, -0.15) is 15.4 Å². The molecule has 1 N–H and O–H groups in total. The van der Waals surface area contributed by atoms with Crippen molar-refractivity contribution in [2.24, 2.45) is 0 Å². The van der Waals surface area contributed by atoms with Gasteiger partial charge in [-0.1, -0.05) is 20.8 Å². The topological polar surface area (TPSA) is 54.5 Å². The van der Waals surface area contributed by atoms with Crippen LogP contribution in [-0.2, 0) is 5.41 Å². The van der Waals surface area contributed by atoms with Crippen LogP contribution in [0.25, 0.3) is 11.0 Å². The summed E-state index contributed by atoms with van der Waals surface area (Å²) in [5.41, 5.74) is 2.93. The molecule has 0 saturated heterocycles. The number of H-pyrrole nitrogens is 1. The van der Waals surface area contributed by atoms with Crippen LogP contribution in [0.5, 0.6) is 0 Å². The lowest BCUT2D eigenvalue weighted by Gasteiger charge is -2.17. The first-order valence-electron chi connectivity index (χ1n) is 4.24. The van der Waals surface area contributed by atoms with E-state index < -0.39 is 0 Å². The van der Waals surface area contributed by atoms with Crippen LogP contribution >= 0.6 is 0 Å². The Balaban J connectivity index is 2.75. The lowest BCUT2D eigenvalue weighted by Crippen LogP contribution is -2.12. The summed E-state index contributed by atoms with van der Waals surface area (Å²) in [6, 6.07) is 0. The Kier molecular flexibility index (Phi) is 1.58. The molecule has 0 aliphatic carbocycles. The van der Waals surface area contributed by atoms with E-state index in [-0.39, 0.29) is 5.41 Å². The highest BCUT2D eigenvalue weighted by atomic mass is 15.3. The van der Waals surface area contributed by atoms with E-state index in [9.17, 15) is 0 Å². The Hall–Kier alpha value is -1.45. The van der Waals surface area contributed by atoms with Crippen molar-refractivity contribution < 1.29 is 0 Å². The van der Waals surface area contributed by atoms with Crippen LogP contribution in [0.1, 0.15) is 26.3 Å². The minimum absolute atomic E-state index is 0.0589. The number of rotatable bonds is 0. The average molecular weight is 176 g/mol. The molecular formula is C9H12N4. The van der Waals surface area contributed by atoms with Crippen LogP contribution in [0.2, 0.25) is 0 Å². The molecule has 68 valence electrons. The molecule has 0 bridgehead atoms. The average Bonchev–Trinajstić information content (AvgIpc) is 2.48. The van der Waals surface area contributed by atoms with E-state index in [2.05, 4.69) is 41.2 Å². The summed E-state index contributed by atoms with van der Waals surface area (Å²) in [4.78, 5) is 4.13. The number of pyridine rings is 1. The highest BCUT2D eigenvalue weighted by molar-refractivity contribution is 5.76. The number of nitrogens with zero attached hydrogens (tertiary/aromatic N) is 3. The van der Waals surface area contributed by atoms with Gasteiger partial charge < -0.3 is 0 Å². The summed E-state index contributed by atoms with van der Waals surface area (Å²) in [6.07, 6.45) is 3.57. The van der Waals surface area contributed by atoms with E-state index in [1.165, 1.54) is 0 Å². The van der Waals surface area contributed by atoms with Crippen molar-refractivity contribution in [3.05, 3.63) is 18.0 Å². The molecule has 0 aromatic carbocycles. The first-order valence-corrected chi connectivity index (χ1v) is 4.24. The third-order valence-corrected chi connectivity index (χ3v) is 2.04. The van der Waals surface area contributed by atoms with Crippen molar-refractivity contribution in [3.63, 3.8) is 0 Å². The Morgan fingerprint density at radius 1 is 1.15 bits per heavy atom. The largest absolute Gasteiger partial charge is 0.262 e. The molecule has 0 radical (unpaired) electrons. The van der Waals surface area contributed by atoms with Crippen LogP contribution in [0.3, 0.4) is 0 Å². The predicted octanol–water partition coefficient (Wildman–Crippen LogP) is 1.65. The number of hydrogen-bond acceptors (Lipinski definition) is 3. The molecule has 0 spiro atoms. The number of aromatic nitrogens is 4. The van der Waals surface area contributed by atoms with Crippen LogP contribution < -0.4 is 0 Å². The van der Waals surface area contributed by atoms with E-state index in [0.29, 0.717) is 0 Å². The van der Waals surface area contributed by atoms with Crippen LogP contribution in [0.4, 0.5) is 0 Å². The summed E-state index contributed by atoms with van der Waals surface area (Å²) in [5.74, 6) is 0. The van der Waals surface area contributed by atoms with Gasteiger partial charge >= 0.3 is 0 Å². The first-order chi connectivity index (χ1) is 6.09. The minimum atomic E-state index is 0.0589. The molecule has 13 heavy (non-hydrogen) atoms. The second-order valence-corrected chi connectivity index (χ2v) is 4.13. The van der Waals surface area contributed by atoms with E-state index in [4.69, 9.17) is 0 Å². The zero-order valence-corrected chi connectivity index (χ0v) is 8.00. The SMILES string of the molecule is CC(C)(C)c1cncc2n[nH]nc12. The van der Waals surface area contributed by atoms with Crippen LogP contribution in [0.15, 0.2) is 12.4 Å². The molecule has 4 heteroatoms. The minimum Gasteiger partial charge on any atom is -0.262 e. The monoisotopic (exact) mass is 176 g/mol. The van der Waals surface area contributed by atoms with Gasteiger partial charge in [0.25, 0.3) is 0 Å². The number of nitrogens with one attached hydrogen (secondary N) is 1. The summed E-state index contributed by atoms with van der Waals surface area (Å²) >= 11 is 0. The van der Waals surface area contributed by atoms with Crippen LogP contribution in [-0.4, -0.2) is 20.4 Å². The molecule has 0 aliphatic rings. The summed E-state index contributed by atoms with van der Waals surface area (Å²) in [5, 5.41) is 10.7. The third-order valence-electron chi connectivity index (χ3n) is 2.04. The van der Waals surface area contributed by atoms with Gasteiger partial charge in [0.1, 0.15) is 11.0 Å². The molecule has 2 aromatic rings. The van der Waals surface area contributed by atoms with Crippen LogP contribution in [0, 0.1) is 0 Å². The van der Waals surface area contributed by atoms with Crippen molar-refractivity contribution in [2.45, 2.75) is 26.2 Å². The van der Waals surface area contributed by atoms with Gasteiger partial charge in [-0.25, -0.2) is 0 Å². The molecule has 0 fully saturated rings. The lowest BCUT2D eigenvalue weighted by molar-refractivity contribution is 0.592. The lowest BCUT2D eigenvalue weighted by atomic mass is 9.87. The highest BCUT2D eigenvalue weighted by Gasteiger charge is 2.18. The van der Waals surface area contributed by atoms with Crippen molar-refractivity contribution in [2.75, 3.05) is 0 Å². The maximum Gasteiger partial charge on any atom is 0.131 e. The summed E-state index contributed by atoms with van der Waals surface area (Å²) in [6.45, 7) is 6.41. The smallest absolute Gasteiger partial charge is 0.131 e. The summed E-state index contributed by atoms with van der Waals surface area (Å²) in [7, 11) is 0. The Bertz CT molecular complexity index is 424. The van der Waals surface area contributed by atoms with Gasteiger partial charge in [0.2, 0.25) is 0 Å². The Morgan fingerprint density at radius 3 is 2.62 bits per heavy atom. The Labute approximate surface area is 76.4 Å². The molecule has 0 aliphatic heterocycles. The zero-order valence-electron chi connectivity index (χ0n) is 8.00. The van der Waals surface area contributed by atoms with Crippen molar-refractivity contribution in [1.82, 2.24) is 20.4 Å². The number of hydrogen-bond donors (Lipinski definition) is 1. The fraction of sp³-hybridized carbons (Fsp3) is 0.444. The van der Waals surface area contributed by atoms with Crippen molar-refractivity contribution in [1.29, 1.82) is 0 Å². The third kappa shape index (κ3) is 1.28. The maximum atomic E-state index is 4.13. The fourth-order valence-electron chi connectivity index (χ4n) is 1.32. The molecule has 2 aromatic heterocycles. The molecule has 2 heterocycles. The van der Waals surface area contributed by atoms with E-state index in [1.54, 1.807) is 6.20 Å². The molecule has 0 saturated carbocycles. The molecule has 4 nitrogen and oxygen atoms in total. The molecule has 0 atom stereocenters. The van der Waals surface area contributed by atoms with E-state index in [0.717, 1.165) is 16.6 Å². The van der Waals surface area contributed by atoms with Gasteiger partial charge in [-0.05, 0) is 5.41 Å². The number of aromatic amines is 1. The highest BCUT2D eigenvalue weighted by Crippen LogP contribution is 2.26. The van der Waals surface area contributed by atoms with Gasteiger partial charge in [0.15, 0.2) is 0 Å². The normalized spacial score (nSPS) is 12.2. The molecule has 0 unspecified atom stereocenters. The second kappa shape index (κ2) is 2.52. The second-order valence-electron chi connectivity index (χ2n) is 4.13. The molecule has 2 rings (SSSR count). The van der Waals surface area contributed by atoms with Crippen molar-refractivity contribution >= 4 is 11.0 Å². The van der Waals surface area contributed by atoms with Gasteiger partial charge in [-0.3, -0.25) is 4.98 Å². The quantitative estimate of drug-likeness (QED) is 0.664. The predicted molar refractivity (Wildman–Crippen MR) is 50.4 cm³/mol.